The van der Waals surface area contributed by atoms with E-state index in [0.717, 1.165) is 37.8 Å². The first-order valence-electron chi connectivity index (χ1n) is 11.9. The largest absolute Gasteiger partial charge is 0.459 e. The number of carbonyl (C=O) groups is 2. The predicted molar refractivity (Wildman–Crippen MR) is 133 cm³/mol. The number of hydrogen-bond acceptors (Lipinski definition) is 6. The fraction of sp³-hybridized carbons (Fsp3) is 0.346. The summed E-state index contributed by atoms with van der Waals surface area (Å²) < 4.78 is 68.6. The molecule has 2 aromatic carbocycles. The molecule has 0 bridgehead atoms. The average Bonchev–Trinajstić information content (AvgIpc) is 3.52. The molecule has 3 aromatic rings. The molecule has 1 aliphatic rings. The van der Waals surface area contributed by atoms with E-state index in [2.05, 4.69) is 5.10 Å². The van der Waals surface area contributed by atoms with E-state index in [1.165, 1.54) is 35.4 Å². The first-order valence-corrected chi connectivity index (χ1v) is 13.4. The van der Waals surface area contributed by atoms with Crippen LogP contribution in [0.2, 0.25) is 0 Å². The number of alkyl halides is 3. The Kier molecular flexibility index (Phi) is 7.23. The Hall–Kier alpha value is -3.51. The number of sulfonamides is 1. The van der Waals surface area contributed by atoms with E-state index in [1.807, 2.05) is 12.1 Å². The van der Waals surface area contributed by atoms with Gasteiger partial charge < -0.3 is 4.74 Å². The van der Waals surface area contributed by atoms with Gasteiger partial charge in [-0.3, -0.25) is 4.79 Å². The highest BCUT2D eigenvalue weighted by Gasteiger charge is 2.51. The molecule has 0 radical (unpaired) electrons. The molecule has 8 nitrogen and oxygen atoms in total. The second-order valence-corrected chi connectivity index (χ2v) is 11.2. The summed E-state index contributed by atoms with van der Waals surface area (Å²) in [7, 11) is -4.63. The number of fused-ring (bicyclic) bond motifs is 1. The molecule has 0 fully saturated rings. The van der Waals surface area contributed by atoms with Gasteiger partial charge in [0.15, 0.2) is 11.5 Å². The number of Topliss-reactive ketones (excluding diaryl/α,β-unsaturated/α-hetero) is 1. The number of aryl methyl sites for hydroxylation is 2. The summed E-state index contributed by atoms with van der Waals surface area (Å²) in [4.78, 5) is 24.9. The summed E-state index contributed by atoms with van der Waals surface area (Å²) in [5, 5.41) is 8.96. The van der Waals surface area contributed by atoms with Crippen LogP contribution in [0.4, 0.5) is 13.2 Å². The number of aromatic nitrogens is 2. The monoisotopic (exact) mass is 549 g/mol. The first-order chi connectivity index (χ1) is 17.8. The first kappa shape index (κ1) is 27.5. The quantitative estimate of drug-likeness (QED) is 0.333. The number of ether oxygens (including phenoxy) is 1. The van der Waals surface area contributed by atoms with Crippen molar-refractivity contribution in [3.63, 3.8) is 0 Å². The molecule has 1 atom stereocenters. The van der Waals surface area contributed by atoms with Crippen LogP contribution in [0.25, 0.3) is 16.9 Å². The number of nitrogens with zero attached hydrogens (tertiary/aromatic N) is 2. The van der Waals surface area contributed by atoms with Crippen LogP contribution in [-0.2, 0) is 50.0 Å². The number of primary sulfonamides is 1. The van der Waals surface area contributed by atoms with Crippen molar-refractivity contribution in [3.8, 4) is 16.9 Å². The Morgan fingerprint density at radius 3 is 2.45 bits per heavy atom. The van der Waals surface area contributed by atoms with Crippen LogP contribution in [0.15, 0.2) is 48.5 Å². The molecule has 0 amide bonds. The van der Waals surface area contributed by atoms with Gasteiger partial charge in [0.25, 0.3) is 0 Å². The third-order valence-corrected chi connectivity index (χ3v) is 8.26. The molecule has 0 saturated heterocycles. The van der Waals surface area contributed by atoms with E-state index in [1.54, 1.807) is 12.1 Å². The van der Waals surface area contributed by atoms with Crippen molar-refractivity contribution in [2.24, 2.45) is 5.14 Å². The van der Waals surface area contributed by atoms with E-state index in [-0.39, 0.29) is 17.8 Å². The van der Waals surface area contributed by atoms with Gasteiger partial charge in [-0.25, -0.2) is 23.0 Å². The predicted octanol–water partition coefficient (Wildman–Crippen LogP) is 4.12. The van der Waals surface area contributed by atoms with Gasteiger partial charge in [-0.1, -0.05) is 31.2 Å². The lowest BCUT2D eigenvalue weighted by molar-refractivity contribution is -0.150. The van der Waals surface area contributed by atoms with Crippen molar-refractivity contribution in [2.45, 2.75) is 57.1 Å². The van der Waals surface area contributed by atoms with Gasteiger partial charge in [0.2, 0.25) is 14.8 Å². The topological polar surface area (TPSA) is 121 Å². The SMILES string of the molecule is CCC(=O)C(C)(C(=O)OCc1cccc(-n2nc(C(F)(F)F)cc2-c2ccc3c(c2)CCC3)c1)S(N)(=O)=O. The van der Waals surface area contributed by atoms with Crippen LogP contribution < -0.4 is 5.14 Å². The molecular weight excluding hydrogens is 523 g/mol. The van der Waals surface area contributed by atoms with Crippen LogP contribution >= 0.6 is 0 Å². The van der Waals surface area contributed by atoms with E-state index < -0.39 is 45.0 Å². The van der Waals surface area contributed by atoms with E-state index in [9.17, 15) is 31.2 Å². The van der Waals surface area contributed by atoms with Crippen molar-refractivity contribution in [1.82, 2.24) is 9.78 Å². The van der Waals surface area contributed by atoms with Crippen LogP contribution in [-0.4, -0.2) is 34.7 Å². The Bertz CT molecular complexity index is 1510. The number of hydrogen-bond donors (Lipinski definition) is 1. The standard InChI is InChI=1S/C26H26F3N3O5S/c1-3-23(33)25(2,38(30,35)36)24(34)37-15-16-6-4-9-20(12-16)32-21(14-22(31-32)26(27,28)29)19-11-10-17-7-5-8-18(17)13-19/h4,6,9-14H,3,5,7-8,15H2,1-2H3,(H2,30,35,36). The number of nitrogens with two attached hydrogens (primary N) is 1. The van der Waals surface area contributed by atoms with Gasteiger partial charge in [-0.05, 0) is 67.1 Å². The Morgan fingerprint density at radius 2 is 1.79 bits per heavy atom. The Morgan fingerprint density at radius 1 is 1.08 bits per heavy atom. The van der Waals surface area contributed by atoms with Crippen molar-refractivity contribution in [2.75, 3.05) is 0 Å². The lowest BCUT2D eigenvalue weighted by Gasteiger charge is -2.23. The molecule has 0 spiro atoms. The van der Waals surface area contributed by atoms with E-state index in [4.69, 9.17) is 9.88 Å². The number of rotatable bonds is 8. The van der Waals surface area contributed by atoms with Gasteiger partial charge in [-0.15, -0.1) is 0 Å². The van der Waals surface area contributed by atoms with Gasteiger partial charge in [-0.2, -0.15) is 18.3 Å². The summed E-state index contributed by atoms with van der Waals surface area (Å²) in [6.07, 6.45) is -2.17. The van der Waals surface area contributed by atoms with Crippen LogP contribution in [0.3, 0.4) is 0 Å². The maximum Gasteiger partial charge on any atom is 0.435 e. The summed E-state index contributed by atoms with van der Waals surface area (Å²) in [6.45, 7) is 1.83. The minimum Gasteiger partial charge on any atom is -0.459 e. The molecule has 1 aliphatic carbocycles. The van der Waals surface area contributed by atoms with Crippen LogP contribution in [0, 0.1) is 0 Å². The highest BCUT2D eigenvalue weighted by Crippen LogP contribution is 2.35. The average molecular weight is 550 g/mol. The number of benzene rings is 2. The number of carbonyl (C=O) groups excluding carboxylic acids is 2. The molecule has 2 N–H and O–H groups in total. The lowest BCUT2D eigenvalue weighted by atomic mass is 10.0. The minimum atomic E-state index is -4.67. The third kappa shape index (κ3) is 5.10. The fourth-order valence-corrected chi connectivity index (χ4v) is 5.20. The maximum absolute atomic E-state index is 13.6. The van der Waals surface area contributed by atoms with Crippen molar-refractivity contribution in [1.29, 1.82) is 0 Å². The van der Waals surface area contributed by atoms with Crippen molar-refractivity contribution in [3.05, 3.63) is 70.9 Å². The van der Waals surface area contributed by atoms with Gasteiger partial charge in [0.05, 0.1) is 11.4 Å². The summed E-state index contributed by atoms with van der Waals surface area (Å²) in [5.74, 6) is -2.26. The maximum atomic E-state index is 13.6. The number of esters is 1. The van der Waals surface area contributed by atoms with Gasteiger partial charge >= 0.3 is 12.1 Å². The second kappa shape index (κ2) is 9.99. The second-order valence-electron chi connectivity index (χ2n) is 9.26. The van der Waals surface area contributed by atoms with Crippen LogP contribution in [0.5, 0.6) is 0 Å². The molecular formula is C26H26F3N3O5S. The Balaban J connectivity index is 1.67. The van der Waals surface area contributed by atoms with Gasteiger partial charge in [0, 0.05) is 12.0 Å². The normalized spacial score (nSPS) is 15.1. The molecule has 1 aromatic heterocycles. The van der Waals surface area contributed by atoms with Crippen molar-refractivity contribution < 1.29 is 35.9 Å². The zero-order valence-electron chi connectivity index (χ0n) is 20.7. The molecule has 4 rings (SSSR count). The molecule has 202 valence electrons. The minimum absolute atomic E-state index is 0.233. The molecule has 1 unspecified atom stereocenters. The fourth-order valence-electron chi connectivity index (χ4n) is 4.44. The molecule has 38 heavy (non-hydrogen) atoms. The van der Waals surface area contributed by atoms with Crippen LogP contribution in [0.1, 0.15) is 49.1 Å². The molecule has 1 heterocycles. The van der Waals surface area contributed by atoms with E-state index >= 15 is 0 Å². The van der Waals surface area contributed by atoms with Gasteiger partial charge in [0.1, 0.15) is 6.61 Å². The van der Waals surface area contributed by atoms with Crippen molar-refractivity contribution >= 4 is 21.8 Å². The molecule has 12 heteroatoms. The number of halogens is 3. The summed E-state index contributed by atoms with van der Waals surface area (Å²) in [6, 6.07) is 12.6. The highest BCUT2D eigenvalue weighted by atomic mass is 32.2. The molecule has 0 aliphatic heterocycles. The zero-order chi connectivity index (χ0) is 27.9. The Labute approximate surface area is 217 Å². The zero-order valence-corrected chi connectivity index (χ0v) is 21.5. The number of ketones is 1. The van der Waals surface area contributed by atoms with E-state index in [0.29, 0.717) is 11.1 Å². The smallest absolute Gasteiger partial charge is 0.435 e. The molecule has 0 saturated carbocycles. The highest BCUT2D eigenvalue weighted by molar-refractivity contribution is 7.92. The lowest BCUT2D eigenvalue weighted by Crippen LogP contribution is -2.54. The third-order valence-electron chi connectivity index (χ3n) is 6.73. The summed E-state index contributed by atoms with van der Waals surface area (Å²) >= 11 is 0. The summed E-state index contributed by atoms with van der Waals surface area (Å²) in [5.41, 5.74) is 2.61.